The molecule has 0 aromatic carbocycles. The smallest absolute Gasteiger partial charge is 0.0608 e. The highest BCUT2D eigenvalue weighted by molar-refractivity contribution is 14.1. The Morgan fingerprint density at radius 3 is 2.39 bits per heavy atom. The van der Waals surface area contributed by atoms with E-state index < -0.39 is 12.1 Å². The van der Waals surface area contributed by atoms with Crippen molar-refractivity contribution in [3.8, 4) is 0 Å². The van der Waals surface area contributed by atoms with E-state index in [1.165, 1.54) is 25.7 Å². The molecule has 0 aromatic heterocycles. The highest BCUT2D eigenvalue weighted by Gasteiger charge is 2.33. The Hall–Kier alpha value is -0.0800. The molecule has 5 atom stereocenters. The molecule has 3 fully saturated rings. The van der Waals surface area contributed by atoms with Crippen LogP contribution in [0.2, 0.25) is 0 Å². The Morgan fingerprint density at radius 1 is 1.03 bits per heavy atom. The normalized spacial score (nSPS) is 38.6. The summed E-state index contributed by atoms with van der Waals surface area (Å²) in [4.78, 5) is 2.53. The largest absolute Gasteiger partial charge is 0.762 e. The van der Waals surface area contributed by atoms with Crippen LogP contribution in [-0.2, 0) is 0 Å². The molecule has 2 saturated carbocycles. The van der Waals surface area contributed by atoms with Gasteiger partial charge in [-0.15, -0.1) is 0 Å². The van der Waals surface area contributed by atoms with E-state index in [1.807, 2.05) is 0 Å². The predicted molar refractivity (Wildman–Crippen MR) is 129 cm³/mol. The zero-order valence-electron chi connectivity index (χ0n) is 18.7. The van der Waals surface area contributed by atoms with E-state index in [1.54, 1.807) is 0 Å². The molecule has 3 aliphatic rings. The minimum atomic E-state index is -0.814. The molecule has 3 N–H and O–H groups in total. The van der Waals surface area contributed by atoms with E-state index in [0.29, 0.717) is 30.7 Å². The van der Waals surface area contributed by atoms with Crippen LogP contribution in [0.15, 0.2) is 5.10 Å². The summed E-state index contributed by atoms with van der Waals surface area (Å²) in [7, 11) is 0. The van der Waals surface area contributed by atoms with Crippen LogP contribution in [0.1, 0.15) is 71.6 Å². The van der Waals surface area contributed by atoms with Crippen LogP contribution in [-0.4, -0.2) is 72.7 Å². The third-order valence-electron chi connectivity index (χ3n) is 7.50. The van der Waals surface area contributed by atoms with E-state index in [9.17, 15) is 20.8 Å². The maximum absolute atomic E-state index is 11.7. The summed E-state index contributed by atoms with van der Waals surface area (Å²) < 4.78 is 0.730. The molecule has 5 unspecified atom stereocenters. The Kier molecular flexibility index (Phi) is 9.78. The molecule has 0 radical (unpaired) electrons. The van der Waals surface area contributed by atoms with E-state index in [-0.39, 0.29) is 22.9 Å². The second-order valence-electron chi connectivity index (χ2n) is 9.89. The molecule has 31 heavy (non-hydrogen) atoms. The number of alkyl halides is 1. The summed E-state index contributed by atoms with van der Waals surface area (Å²) in [6, 6.07) is -1.31. The number of rotatable bonds is 7. The van der Waals surface area contributed by atoms with Gasteiger partial charge in [-0.2, -0.15) is 5.10 Å². The van der Waals surface area contributed by atoms with E-state index in [2.05, 4.69) is 46.8 Å². The van der Waals surface area contributed by atoms with Crippen molar-refractivity contribution in [2.75, 3.05) is 13.1 Å². The fraction of sp³-hybridized carbons (Fsp3) is 0.952. The van der Waals surface area contributed by atoms with Crippen molar-refractivity contribution < 1.29 is 10.4 Å². The van der Waals surface area contributed by atoms with Crippen LogP contribution < -0.4 is 5.43 Å². The average Bonchev–Trinajstić information content (AvgIpc) is 2.74. The Bertz CT molecular complexity index is 588. The van der Waals surface area contributed by atoms with Crippen molar-refractivity contribution >= 4 is 28.3 Å². The summed E-state index contributed by atoms with van der Waals surface area (Å²) >= 11 is 2.54. The number of nitrogens with zero attached hydrogens (tertiary/aromatic N) is 4. The molecule has 0 aromatic rings. The first-order chi connectivity index (χ1) is 14.7. The van der Waals surface area contributed by atoms with Crippen molar-refractivity contribution in [3.05, 3.63) is 10.4 Å². The molecule has 180 valence electrons. The SMILES string of the molecule is CC1CCC(C)N(CC(=NNC2CCC(N([O-])O)CC2N([O-])O)C2CCC(I)CC2)C1. The van der Waals surface area contributed by atoms with Crippen molar-refractivity contribution in [2.45, 2.75) is 99.7 Å². The lowest BCUT2D eigenvalue weighted by molar-refractivity contribution is -0.137. The quantitative estimate of drug-likeness (QED) is 0.190. The zero-order valence-corrected chi connectivity index (χ0v) is 20.9. The minimum Gasteiger partial charge on any atom is -0.762 e. The van der Waals surface area contributed by atoms with Gasteiger partial charge in [-0.1, -0.05) is 29.5 Å². The minimum absolute atomic E-state index is 0.0851. The maximum atomic E-state index is 11.7. The monoisotopic (exact) mass is 551 g/mol. The summed E-state index contributed by atoms with van der Waals surface area (Å²) in [5.41, 5.74) is 4.34. The van der Waals surface area contributed by atoms with Crippen LogP contribution in [0.3, 0.4) is 0 Å². The topological polar surface area (TPSA) is 121 Å². The lowest BCUT2D eigenvalue weighted by Crippen LogP contribution is -2.53. The Morgan fingerprint density at radius 2 is 1.74 bits per heavy atom. The van der Waals surface area contributed by atoms with Crippen molar-refractivity contribution in [2.24, 2.45) is 16.9 Å². The summed E-state index contributed by atoms with van der Waals surface area (Å²) in [6.45, 7) is 6.51. The van der Waals surface area contributed by atoms with Crippen molar-refractivity contribution in [3.63, 3.8) is 0 Å². The predicted octanol–water partition coefficient (Wildman–Crippen LogP) is 3.71. The molecule has 1 aliphatic heterocycles. The molecule has 0 amide bonds. The van der Waals surface area contributed by atoms with Gasteiger partial charge < -0.3 is 26.3 Å². The Balaban J connectivity index is 1.71. The van der Waals surface area contributed by atoms with Crippen molar-refractivity contribution in [1.82, 2.24) is 20.8 Å². The third-order valence-corrected chi connectivity index (χ3v) is 8.74. The second-order valence-corrected chi connectivity index (χ2v) is 11.6. The van der Waals surface area contributed by atoms with Gasteiger partial charge in [0.25, 0.3) is 0 Å². The number of likely N-dealkylation sites (tertiary alicyclic amines) is 1. The highest BCUT2D eigenvalue weighted by atomic mass is 127. The molecular weight excluding hydrogens is 513 g/mol. The van der Waals surface area contributed by atoms with E-state index in [0.717, 1.165) is 35.6 Å². The number of hydroxylamine groups is 4. The lowest BCUT2D eigenvalue weighted by atomic mass is 9.84. The molecule has 0 bridgehead atoms. The third kappa shape index (κ3) is 7.20. The molecule has 1 heterocycles. The van der Waals surface area contributed by atoms with Gasteiger partial charge in [0.15, 0.2) is 0 Å². The number of hydrazone groups is 1. The van der Waals surface area contributed by atoms with Crippen LogP contribution in [0.25, 0.3) is 0 Å². The van der Waals surface area contributed by atoms with Gasteiger partial charge in [-0.05, 0) is 70.6 Å². The first kappa shape index (κ1) is 25.5. The van der Waals surface area contributed by atoms with Crippen LogP contribution in [0.4, 0.5) is 0 Å². The molecule has 1 saturated heterocycles. The van der Waals surface area contributed by atoms with Gasteiger partial charge in [0.05, 0.1) is 11.8 Å². The standard InChI is InChI=1S/C21H38IN5O4/c1-14-3-4-15(2)25(12-14)13-20(16-5-7-17(22)8-6-16)24-23-19-10-9-18(26(28)29)11-21(19)27(30)31/h14-19,21,23,28,30H,3-13H2,1-2H3/q-2. The summed E-state index contributed by atoms with van der Waals surface area (Å²) in [5.74, 6) is 1.12. The van der Waals surface area contributed by atoms with E-state index >= 15 is 0 Å². The van der Waals surface area contributed by atoms with Crippen LogP contribution in [0, 0.1) is 22.3 Å². The van der Waals surface area contributed by atoms with Crippen molar-refractivity contribution in [1.29, 1.82) is 0 Å². The molecule has 0 spiro atoms. The fourth-order valence-corrected chi connectivity index (χ4v) is 6.06. The molecule has 9 nitrogen and oxygen atoms in total. The van der Waals surface area contributed by atoms with Gasteiger partial charge in [0, 0.05) is 41.1 Å². The Labute approximate surface area is 199 Å². The molecule has 3 rings (SSSR count). The van der Waals surface area contributed by atoms with Gasteiger partial charge in [-0.3, -0.25) is 15.4 Å². The second kappa shape index (κ2) is 11.9. The fourth-order valence-electron chi connectivity index (χ4n) is 5.34. The first-order valence-corrected chi connectivity index (χ1v) is 13.0. The van der Waals surface area contributed by atoms with Gasteiger partial charge in [-0.25, -0.2) is 0 Å². The number of hydrogen-bond acceptors (Lipinski definition) is 9. The van der Waals surface area contributed by atoms with Crippen LogP contribution >= 0.6 is 22.6 Å². The van der Waals surface area contributed by atoms with Crippen LogP contribution in [0.5, 0.6) is 0 Å². The molecule has 2 aliphatic carbocycles. The van der Waals surface area contributed by atoms with Gasteiger partial charge in [0.1, 0.15) is 0 Å². The average molecular weight is 551 g/mol. The lowest BCUT2D eigenvalue weighted by Gasteiger charge is -2.45. The zero-order chi connectivity index (χ0) is 22.5. The highest BCUT2D eigenvalue weighted by Crippen LogP contribution is 2.31. The summed E-state index contributed by atoms with van der Waals surface area (Å²) in [5, 5.41) is 46.5. The molecular formula is C21H38IN5O4-2. The number of hydrogen-bond donors (Lipinski definition) is 3. The van der Waals surface area contributed by atoms with Gasteiger partial charge >= 0.3 is 0 Å². The summed E-state index contributed by atoms with van der Waals surface area (Å²) in [6.07, 6.45) is 8.17. The number of halogens is 1. The maximum Gasteiger partial charge on any atom is 0.0608 e. The number of piperidine rings is 1. The van der Waals surface area contributed by atoms with E-state index in [4.69, 9.17) is 5.10 Å². The molecule has 10 heteroatoms. The van der Waals surface area contributed by atoms with Gasteiger partial charge in [0.2, 0.25) is 0 Å². The number of nitrogens with one attached hydrogen (secondary N) is 1. The first-order valence-electron chi connectivity index (χ1n) is 11.7.